The number of ether oxygens (including phenoxy) is 1. The van der Waals surface area contributed by atoms with Crippen LogP contribution in [0.1, 0.15) is 5.56 Å². The lowest BCUT2D eigenvalue weighted by Crippen LogP contribution is -2.29. The van der Waals surface area contributed by atoms with Crippen LogP contribution in [0.15, 0.2) is 60.8 Å². The minimum Gasteiger partial charge on any atom is -0.375 e. The van der Waals surface area contributed by atoms with Crippen LogP contribution in [0.4, 0.5) is 0 Å². The number of halogens is 1. The maximum Gasteiger partial charge on any atom is 0.248 e. The van der Waals surface area contributed by atoms with Gasteiger partial charge in [0.15, 0.2) is 0 Å². The average Bonchev–Trinajstić information content (AvgIpc) is 3.07. The maximum absolute atomic E-state index is 12.1. The number of nitrogens with zero attached hydrogens (tertiary/aromatic N) is 3. The van der Waals surface area contributed by atoms with Crippen LogP contribution in [0.5, 0.6) is 0 Å². The van der Waals surface area contributed by atoms with E-state index in [0.717, 1.165) is 22.5 Å². The third-order valence-electron chi connectivity index (χ3n) is 4.03. The van der Waals surface area contributed by atoms with E-state index < -0.39 is 0 Å². The second-order valence-corrected chi connectivity index (χ2v) is 6.41. The Labute approximate surface area is 157 Å². The highest BCUT2D eigenvalue weighted by Crippen LogP contribution is 2.26. The highest BCUT2D eigenvalue weighted by atomic mass is 35.5. The number of hydrogen-bond acceptors (Lipinski definition) is 3. The number of likely N-dealkylation sites (N-methyl/N-ethyl adjacent to an activating group) is 1. The predicted octanol–water partition coefficient (Wildman–Crippen LogP) is 3.80. The summed E-state index contributed by atoms with van der Waals surface area (Å²) in [5.41, 5.74) is 3.68. The molecule has 26 heavy (non-hydrogen) atoms. The Kier molecular flexibility index (Phi) is 5.71. The second-order valence-electron chi connectivity index (χ2n) is 5.97. The Morgan fingerprint density at radius 2 is 1.85 bits per heavy atom. The third-order valence-corrected chi connectivity index (χ3v) is 4.28. The quantitative estimate of drug-likeness (QED) is 0.664. The SMILES string of the molecule is COCC(=O)N(C)Cc1cn(-c2ccccc2)nc1-c1ccc(Cl)cc1. The number of para-hydroxylation sites is 1. The number of hydrogen-bond donors (Lipinski definition) is 0. The fraction of sp³-hybridized carbons (Fsp3) is 0.200. The summed E-state index contributed by atoms with van der Waals surface area (Å²) >= 11 is 6.01. The van der Waals surface area contributed by atoms with Crippen LogP contribution in [-0.4, -0.2) is 41.4 Å². The molecule has 0 saturated carbocycles. The first-order valence-electron chi connectivity index (χ1n) is 8.21. The maximum atomic E-state index is 12.1. The highest BCUT2D eigenvalue weighted by molar-refractivity contribution is 6.30. The molecule has 134 valence electrons. The Morgan fingerprint density at radius 3 is 2.50 bits per heavy atom. The fourth-order valence-electron chi connectivity index (χ4n) is 2.67. The van der Waals surface area contributed by atoms with E-state index >= 15 is 0 Å². The normalized spacial score (nSPS) is 10.7. The first-order chi connectivity index (χ1) is 12.6. The molecule has 0 N–H and O–H groups in total. The van der Waals surface area contributed by atoms with Crippen LogP contribution in [0, 0.1) is 0 Å². The van der Waals surface area contributed by atoms with Gasteiger partial charge < -0.3 is 9.64 Å². The molecule has 1 heterocycles. The van der Waals surface area contributed by atoms with Gasteiger partial charge in [0.05, 0.1) is 11.4 Å². The second kappa shape index (κ2) is 8.17. The van der Waals surface area contributed by atoms with Gasteiger partial charge in [-0.25, -0.2) is 4.68 Å². The van der Waals surface area contributed by atoms with Crippen molar-refractivity contribution in [3.05, 3.63) is 71.4 Å². The van der Waals surface area contributed by atoms with Gasteiger partial charge in [0.25, 0.3) is 0 Å². The fourth-order valence-corrected chi connectivity index (χ4v) is 2.79. The summed E-state index contributed by atoms with van der Waals surface area (Å²) in [5.74, 6) is -0.0815. The van der Waals surface area contributed by atoms with Crippen LogP contribution in [0.25, 0.3) is 16.9 Å². The molecule has 0 spiro atoms. The number of aromatic nitrogens is 2. The van der Waals surface area contributed by atoms with Crippen LogP contribution in [0.3, 0.4) is 0 Å². The van der Waals surface area contributed by atoms with Crippen LogP contribution in [-0.2, 0) is 16.1 Å². The zero-order chi connectivity index (χ0) is 18.5. The summed E-state index contributed by atoms with van der Waals surface area (Å²) in [7, 11) is 3.27. The lowest BCUT2D eigenvalue weighted by Gasteiger charge is -2.16. The van der Waals surface area contributed by atoms with E-state index in [1.807, 2.05) is 65.5 Å². The molecule has 0 aliphatic carbocycles. The van der Waals surface area contributed by atoms with Gasteiger partial charge in [-0.15, -0.1) is 0 Å². The van der Waals surface area contributed by atoms with Crippen molar-refractivity contribution in [2.24, 2.45) is 0 Å². The van der Waals surface area contributed by atoms with Gasteiger partial charge in [-0.3, -0.25) is 4.79 Å². The summed E-state index contributed by atoms with van der Waals surface area (Å²) in [6.07, 6.45) is 1.95. The standard InChI is InChI=1S/C20H20ClN3O2/c1-23(19(25)14-26-2)12-16-13-24(18-6-4-3-5-7-18)22-20(16)15-8-10-17(21)11-9-15/h3-11,13H,12,14H2,1-2H3. The van der Waals surface area contributed by atoms with Gasteiger partial charge in [-0.05, 0) is 24.3 Å². The van der Waals surface area contributed by atoms with E-state index in [-0.39, 0.29) is 12.5 Å². The van der Waals surface area contributed by atoms with Crippen molar-refractivity contribution >= 4 is 17.5 Å². The van der Waals surface area contributed by atoms with E-state index in [0.29, 0.717) is 11.6 Å². The summed E-state index contributed by atoms with van der Waals surface area (Å²) in [6, 6.07) is 17.4. The predicted molar refractivity (Wildman–Crippen MR) is 102 cm³/mol. The summed E-state index contributed by atoms with van der Waals surface area (Å²) in [6.45, 7) is 0.493. The monoisotopic (exact) mass is 369 g/mol. The number of carbonyl (C=O) groups excluding carboxylic acids is 1. The Morgan fingerprint density at radius 1 is 1.15 bits per heavy atom. The molecule has 0 fully saturated rings. The molecule has 0 bridgehead atoms. The van der Waals surface area contributed by atoms with Crippen molar-refractivity contribution in [2.45, 2.75) is 6.54 Å². The Bertz CT molecular complexity index is 876. The van der Waals surface area contributed by atoms with Crippen molar-refractivity contribution in [1.29, 1.82) is 0 Å². The molecule has 0 aliphatic rings. The highest BCUT2D eigenvalue weighted by Gasteiger charge is 2.16. The topological polar surface area (TPSA) is 47.4 Å². The molecule has 3 aromatic rings. The molecular formula is C20H20ClN3O2. The molecule has 0 unspecified atom stereocenters. The molecule has 2 aromatic carbocycles. The van der Waals surface area contributed by atoms with Crippen LogP contribution >= 0.6 is 11.6 Å². The molecule has 5 nitrogen and oxygen atoms in total. The van der Waals surface area contributed by atoms with Gasteiger partial charge in [0, 0.05) is 43.0 Å². The molecule has 0 saturated heterocycles. The van der Waals surface area contributed by atoms with Crippen LogP contribution < -0.4 is 0 Å². The van der Waals surface area contributed by atoms with Gasteiger partial charge in [0.1, 0.15) is 6.61 Å². The molecule has 0 radical (unpaired) electrons. The zero-order valence-corrected chi connectivity index (χ0v) is 15.5. The van der Waals surface area contributed by atoms with E-state index in [9.17, 15) is 4.79 Å². The Balaban J connectivity index is 1.99. The lowest BCUT2D eigenvalue weighted by atomic mass is 10.1. The van der Waals surface area contributed by atoms with Gasteiger partial charge in [-0.1, -0.05) is 41.9 Å². The number of benzene rings is 2. The molecule has 1 amide bonds. The average molecular weight is 370 g/mol. The van der Waals surface area contributed by atoms with Crippen molar-refractivity contribution in [1.82, 2.24) is 14.7 Å². The van der Waals surface area contributed by atoms with Crippen molar-refractivity contribution in [2.75, 3.05) is 20.8 Å². The molecular weight excluding hydrogens is 350 g/mol. The number of amides is 1. The van der Waals surface area contributed by atoms with Gasteiger partial charge in [-0.2, -0.15) is 5.10 Å². The van der Waals surface area contributed by atoms with E-state index in [4.69, 9.17) is 21.4 Å². The molecule has 3 rings (SSSR count). The summed E-state index contributed by atoms with van der Waals surface area (Å²) < 4.78 is 6.77. The van der Waals surface area contributed by atoms with E-state index in [2.05, 4.69) is 0 Å². The largest absolute Gasteiger partial charge is 0.375 e. The number of methoxy groups -OCH3 is 1. The van der Waals surface area contributed by atoms with E-state index in [1.165, 1.54) is 7.11 Å². The van der Waals surface area contributed by atoms with Crippen molar-refractivity contribution in [3.63, 3.8) is 0 Å². The lowest BCUT2D eigenvalue weighted by molar-refractivity contribution is -0.134. The van der Waals surface area contributed by atoms with Crippen molar-refractivity contribution in [3.8, 4) is 16.9 Å². The molecule has 6 heteroatoms. The smallest absolute Gasteiger partial charge is 0.248 e. The van der Waals surface area contributed by atoms with Crippen LogP contribution in [0.2, 0.25) is 5.02 Å². The minimum atomic E-state index is -0.0815. The number of rotatable bonds is 6. The molecule has 0 atom stereocenters. The zero-order valence-electron chi connectivity index (χ0n) is 14.7. The first-order valence-corrected chi connectivity index (χ1v) is 8.59. The van der Waals surface area contributed by atoms with Gasteiger partial charge >= 0.3 is 0 Å². The number of carbonyl (C=O) groups is 1. The minimum absolute atomic E-state index is 0.0552. The van der Waals surface area contributed by atoms with Gasteiger partial charge in [0.2, 0.25) is 5.91 Å². The van der Waals surface area contributed by atoms with Crippen molar-refractivity contribution < 1.29 is 9.53 Å². The first kappa shape index (κ1) is 18.2. The summed E-state index contributed by atoms with van der Waals surface area (Å²) in [5, 5.41) is 5.41. The third kappa shape index (κ3) is 4.12. The molecule has 1 aromatic heterocycles. The molecule has 0 aliphatic heterocycles. The van der Waals surface area contributed by atoms with E-state index in [1.54, 1.807) is 11.9 Å². The Hall–Kier alpha value is -2.63. The summed E-state index contributed by atoms with van der Waals surface area (Å²) in [4.78, 5) is 13.7.